The first kappa shape index (κ1) is 16.4. The molecule has 0 aromatic heterocycles. The van der Waals surface area contributed by atoms with Crippen molar-refractivity contribution in [1.29, 1.82) is 0 Å². The Balaban J connectivity index is 0.000000150. The third-order valence-electron chi connectivity index (χ3n) is 5.53. The highest BCUT2D eigenvalue weighted by Gasteiger charge is 2.44. The molecule has 1 radical (unpaired) electrons. The summed E-state index contributed by atoms with van der Waals surface area (Å²) < 4.78 is 10.4. The molecule has 3 heteroatoms. The average molecular weight is 329 g/mol. The SMILES string of the molecule is CC1(C)O[B]OC1(C)C.c1cc2ccc3cccc4ccc(c1)c2c34. The number of benzene rings is 4. The van der Waals surface area contributed by atoms with Gasteiger partial charge in [0.1, 0.15) is 0 Å². The van der Waals surface area contributed by atoms with Crippen LogP contribution in [0.2, 0.25) is 0 Å². The van der Waals surface area contributed by atoms with Gasteiger partial charge in [-0.1, -0.05) is 60.7 Å². The van der Waals surface area contributed by atoms with E-state index in [9.17, 15) is 0 Å². The highest BCUT2D eigenvalue weighted by Crippen LogP contribution is 2.34. The molecule has 1 fully saturated rings. The molecular weight excluding hydrogens is 307 g/mol. The molecule has 25 heavy (non-hydrogen) atoms. The molecule has 0 unspecified atom stereocenters. The molecule has 4 aromatic rings. The minimum absolute atomic E-state index is 0.187. The van der Waals surface area contributed by atoms with Crippen LogP contribution in [0.3, 0.4) is 0 Å². The van der Waals surface area contributed by atoms with Crippen molar-refractivity contribution >= 4 is 40.0 Å². The van der Waals surface area contributed by atoms with E-state index in [-0.39, 0.29) is 11.2 Å². The predicted octanol–water partition coefficient (Wildman–Crippen LogP) is 5.71. The minimum Gasteiger partial charge on any atom is -0.405 e. The first-order valence-electron chi connectivity index (χ1n) is 8.69. The van der Waals surface area contributed by atoms with Crippen molar-refractivity contribution in [3.8, 4) is 0 Å². The van der Waals surface area contributed by atoms with E-state index in [1.54, 1.807) is 0 Å². The Labute approximate surface area is 149 Å². The van der Waals surface area contributed by atoms with Crippen LogP contribution < -0.4 is 0 Å². The van der Waals surface area contributed by atoms with E-state index in [0.29, 0.717) is 0 Å². The largest absolute Gasteiger partial charge is 0.488 e. The molecule has 0 N–H and O–H groups in total. The second kappa shape index (κ2) is 5.72. The fourth-order valence-corrected chi connectivity index (χ4v) is 3.22. The Morgan fingerprint density at radius 3 is 1.12 bits per heavy atom. The standard InChI is InChI=1S/C16H10.C6H12BO2/c1-3-11-7-9-13-5-2-6-14-10-8-12(4-1)15(11)16(13)14;1-5(2)6(3,4)9-7-8-5/h1-10H;1-4H3. The molecule has 1 saturated heterocycles. The van der Waals surface area contributed by atoms with E-state index < -0.39 is 0 Å². The van der Waals surface area contributed by atoms with Crippen LogP contribution in [0, 0.1) is 0 Å². The van der Waals surface area contributed by atoms with E-state index in [0.717, 1.165) is 0 Å². The van der Waals surface area contributed by atoms with Crippen molar-refractivity contribution in [2.75, 3.05) is 0 Å². The lowest BCUT2D eigenvalue weighted by Gasteiger charge is -2.32. The summed E-state index contributed by atoms with van der Waals surface area (Å²) in [4.78, 5) is 0. The molecule has 1 aliphatic rings. The van der Waals surface area contributed by atoms with Gasteiger partial charge in [0.2, 0.25) is 0 Å². The molecule has 0 saturated carbocycles. The topological polar surface area (TPSA) is 18.5 Å². The molecule has 0 spiro atoms. The normalized spacial score (nSPS) is 18.2. The van der Waals surface area contributed by atoms with Crippen LogP contribution in [0.25, 0.3) is 32.3 Å². The van der Waals surface area contributed by atoms with Gasteiger partial charge in [-0.3, -0.25) is 0 Å². The van der Waals surface area contributed by atoms with Gasteiger partial charge in [0.15, 0.2) is 0 Å². The lowest BCUT2D eigenvalue weighted by Crippen LogP contribution is -2.41. The van der Waals surface area contributed by atoms with E-state index in [4.69, 9.17) is 9.31 Å². The molecular formula is C22H22BO2. The second-order valence-electron chi connectivity index (χ2n) is 7.64. The zero-order valence-corrected chi connectivity index (χ0v) is 15.2. The maximum Gasteiger partial charge on any atom is 0.488 e. The maximum absolute atomic E-state index is 5.21. The summed E-state index contributed by atoms with van der Waals surface area (Å²) in [5.41, 5.74) is -0.375. The lowest BCUT2D eigenvalue weighted by atomic mass is 9.90. The van der Waals surface area contributed by atoms with E-state index in [1.165, 1.54) is 40.0 Å². The third kappa shape index (κ3) is 2.68. The van der Waals surface area contributed by atoms with E-state index in [2.05, 4.69) is 60.7 Å². The highest BCUT2D eigenvalue weighted by molar-refractivity contribution is 6.22. The minimum atomic E-state index is -0.188. The van der Waals surface area contributed by atoms with Gasteiger partial charge in [-0.25, -0.2) is 0 Å². The molecule has 0 aliphatic carbocycles. The molecule has 0 bridgehead atoms. The molecule has 2 nitrogen and oxygen atoms in total. The van der Waals surface area contributed by atoms with Gasteiger partial charge in [-0.15, -0.1) is 0 Å². The molecule has 0 atom stereocenters. The Kier molecular flexibility index (Phi) is 3.75. The van der Waals surface area contributed by atoms with Crippen LogP contribution in [0.4, 0.5) is 0 Å². The molecule has 0 amide bonds. The quantitative estimate of drug-likeness (QED) is 0.304. The van der Waals surface area contributed by atoms with Crippen molar-refractivity contribution in [3.63, 3.8) is 0 Å². The number of hydrogen-bond acceptors (Lipinski definition) is 2. The molecule has 4 aromatic carbocycles. The first-order valence-corrected chi connectivity index (χ1v) is 8.69. The van der Waals surface area contributed by atoms with Crippen LogP contribution in [-0.2, 0) is 9.31 Å². The van der Waals surface area contributed by atoms with Crippen molar-refractivity contribution in [3.05, 3.63) is 60.7 Å². The van der Waals surface area contributed by atoms with Gasteiger partial charge in [0.25, 0.3) is 0 Å². The smallest absolute Gasteiger partial charge is 0.405 e. The van der Waals surface area contributed by atoms with Gasteiger partial charge >= 0.3 is 7.69 Å². The molecule has 5 rings (SSSR count). The van der Waals surface area contributed by atoms with Gasteiger partial charge in [0.05, 0.1) is 11.2 Å². The fraction of sp³-hybridized carbons (Fsp3) is 0.273. The summed E-state index contributed by atoms with van der Waals surface area (Å²) >= 11 is 0. The van der Waals surface area contributed by atoms with Crippen molar-refractivity contribution in [1.82, 2.24) is 0 Å². The monoisotopic (exact) mass is 329 g/mol. The van der Waals surface area contributed by atoms with Crippen molar-refractivity contribution in [2.24, 2.45) is 0 Å². The van der Waals surface area contributed by atoms with Crippen molar-refractivity contribution < 1.29 is 9.31 Å². The van der Waals surface area contributed by atoms with Gasteiger partial charge in [-0.05, 0) is 60.0 Å². The summed E-state index contributed by atoms with van der Waals surface area (Å²) in [7, 11) is 1.42. The van der Waals surface area contributed by atoms with Crippen LogP contribution in [0.15, 0.2) is 60.7 Å². The second-order valence-corrected chi connectivity index (χ2v) is 7.64. The predicted molar refractivity (Wildman–Crippen MR) is 106 cm³/mol. The zero-order valence-electron chi connectivity index (χ0n) is 15.2. The van der Waals surface area contributed by atoms with Crippen molar-refractivity contribution in [2.45, 2.75) is 38.9 Å². The summed E-state index contributed by atoms with van der Waals surface area (Å²) in [6.07, 6.45) is 0. The van der Waals surface area contributed by atoms with Gasteiger partial charge in [-0.2, -0.15) is 0 Å². The highest BCUT2D eigenvalue weighted by atomic mass is 16.7. The lowest BCUT2D eigenvalue weighted by molar-refractivity contribution is 0.00578. The molecule has 1 aliphatic heterocycles. The van der Waals surface area contributed by atoms with Crippen LogP contribution in [0.5, 0.6) is 0 Å². The summed E-state index contributed by atoms with van der Waals surface area (Å²) in [6, 6.07) is 21.9. The Bertz CT molecular complexity index is 892. The summed E-state index contributed by atoms with van der Waals surface area (Å²) in [5.74, 6) is 0. The van der Waals surface area contributed by atoms with E-state index in [1.807, 2.05) is 27.7 Å². The number of hydrogen-bond donors (Lipinski definition) is 0. The molecule has 1 heterocycles. The Morgan fingerprint density at radius 2 is 0.880 bits per heavy atom. The Morgan fingerprint density at radius 1 is 0.560 bits per heavy atom. The third-order valence-corrected chi connectivity index (χ3v) is 5.53. The summed E-state index contributed by atoms with van der Waals surface area (Å²) in [5, 5.41) is 8.14. The first-order chi connectivity index (χ1) is 11.9. The zero-order chi connectivity index (χ0) is 17.7. The fourth-order valence-electron chi connectivity index (χ4n) is 3.22. The van der Waals surface area contributed by atoms with Crippen LogP contribution in [-0.4, -0.2) is 18.9 Å². The molecule has 125 valence electrons. The van der Waals surface area contributed by atoms with Crippen LogP contribution in [0.1, 0.15) is 27.7 Å². The Hall–Kier alpha value is -2.10. The van der Waals surface area contributed by atoms with Gasteiger partial charge < -0.3 is 9.31 Å². The van der Waals surface area contributed by atoms with Gasteiger partial charge in [0, 0.05) is 0 Å². The van der Waals surface area contributed by atoms with E-state index >= 15 is 0 Å². The average Bonchev–Trinajstić information content (AvgIpc) is 2.84. The number of rotatable bonds is 0. The summed E-state index contributed by atoms with van der Waals surface area (Å²) in [6.45, 7) is 8.04. The van der Waals surface area contributed by atoms with Crippen LogP contribution >= 0.6 is 0 Å². The maximum atomic E-state index is 5.21.